The summed E-state index contributed by atoms with van der Waals surface area (Å²) in [5.41, 5.74) is 6.92. The van der Waals surface area contributed by atoms with E-state index in [0.717, 1.165) is 28.9 Å². The number of carbonyl (C=O) groups excluding carboxylic acids is 1. The van der Waals surface area contributed by atoms with Gasteiger partial charge < -0.3 is 14.8 Å². The first-order chi connectivity index (χ1) is 15.7. The van der Waals surface area contributed by atoms with Crippen LogP contribution < -0.4 is 5.32 Å². The molecule has 0 aliphatic carbocycles. The SMILES string of the molecule is Cc1ccccc1C1c2cccn2-c2ccccc2CN1C(=O)NCCc1ccccc1. The highest BCUT2D eigenvalue weighted by atomic mass is 16.2. The minimum Gasteiger partial charge on any atom is -0.338 e. The zero-order valence-electron chi connectivity index (χ0n) is 18.2. The average Bonchev–Trinajstić information content (AvgIpc) is 3.25. The highest BCUT2D eigenvalue weighted by Gasteiger charge is 2.33. The molecule has 160 valence electrons. The molecule has 4 heteroatoms. The fourth-order valence-electron chi connectivity index (χ4n) is 4.62. The number of rotatable bonds is 4. The molecule has 0 bridgehead atoms. The summed E-state index contributed by atoms with van der Waals surface area (Å²) < 4.78 is 2.23. The van der Waals surface area contributed by atoms with E-state index in [4.69, 9.17) is 0 Å². The Morgan fingerprint density at radius 1 is 0.906 bits per heavy atom. The van der Waals surface area contributed by atoms with Crippen LogP contribution in [0.2, 0.25) is 0 Å². The molecule has 0 spiro atoms. The topological polar surface area (TPSA) is 37.3 Å². The largest absolute Gasteiger partial charge is 0.338 e. The van der Waals surface area contributed by atoms with Crippen LogP contribution in [0.25, 0.3) is 5.69 Å². The summed E-state index contributed by atoms with van der Waals surface area (Å²) in [7, 11) is 0. The number of amides is 2. The van der Waals surface area contributed by atoms with Crippen LogP contribution in [0.3, 0.4) is 0 Å². The smallest absolute Gasteiger partial charge is 0.318 e. The molecule has 0 saturated heterocycles. The van der Waals surface area contributed by atoms with Crippen molar-refractivity contribution >= 4 is 6.03 Å². The van der Waals surface area contributed by atoms with E-state index in [9.17, 15) is 4.79 Å². The predicted molar refractivity (Wildman–Crippen MR) is 128 cm³/mol. The van der Waals surface area contributed by atoms with E-state index < -0.39 is 0 Å². The van der Waals surface area contributed by atoms with Gasteiger partial charge in [-0.05, 0) is 53.8 Å². The van der Waals surface area contributed by atoms with E-state index >= 15 is 0 Å². The van der Waals surface area contributed by atoms with Crippen LogP contribution >= 0.6 is 0 Å². The minimum atomic E-state index is -0.171. The molecule has 1 aliphatic heterocycles. The van der Waals surface area contributed by atoms with Crippen LogP contribution in [0.1, 0.15) is 34.0 Å². The Balaban J connectivity index is 1.51. The van der Waals surface area contributed by atoms with E-state index in [1.807, 2.05) is 35.2 Å². The Bertz CT molecular complexity index is 1230. The first-order valence-corrected chi connectivity index (χ1v) is 11.1. The van der Waals surface area contributed by atoms with Gasteiger partial charge in [-0.1, -0.05) is 72.8 Å². The normalized spacial score (nSPS) is 14.9. The number of nitrogens with zero attached hydrogens (tertiary/aromatic N) is 2. The molecule has 1 atom stereocenters. The van der Waals surface area contributed by atoms with Gasteiger partial charge in [-0.25, -0.2) is 4.79 Å². The maximum Gasteiger partial charge on any atom is 0.318 e. The first kappa shape index (κ1) is 20.1. The molecule has 32 heavy (non-hydrogen) atoms. The van der Waals surface area contributed by atoms with Gasteiger partial charge in [0.05, 0.1) is 12.2 Å². The van der Waals surface area contributed by atoms with Crippen molar-refractivity contribution in [1.29, 1.82) is 0 Å². The minimum absolute atomic E-state index is 0.0429. The summed E-state index contributed by atoms with van der Waals surface area (Å²) in [4.78, 5) is 15.6. The van der Waals surface area contributed by atoms with Crippen molar-refractivity contribution in [3.63, 3.8) is 0 Å². The summed E-state index contributed by atoms with van der Waals surface area (Å²) in [5.74, 6) is 0. The lowest BCUT2D eigenvalue weighted by molar-refractivity contribution is 0.180. The number of para-hydroxylation sites is 1. The van der Waals surface area contributed by atoms with Crippen LogP contribution in [-0.4, -0.2) is 22.0 Å². The third-order valence-electron chi connectivity index (χ3n) is 6.24. The Morgan fingerprint density at radius 2 is 1.66 bits per heavy atom. The van der Waals surface area contributed by atoms with Crippen LogP contribution in [0.4, 0.5) is 4.79 Å². The van der Waals surface area contributed by atoms with Gasteiger partial charge in [0.25, 0.3) is 0 Å². The van der Waals surface area contributed by atoms with E-state index in [1.165, 1.54) is 11.1 Å². The van der Waals surface area contributed by atoms with Crippen molar-refractivity contribution in [3.05, 3.63) is 125 Å². The van der Waals surface area contributed by atoms with Gasteiger partial charge in [-0.2, -0.15) is 0 Å². The average molecular weight is 422 g/mol. The lowest BCUT2D eigenvalue weighted by Gasteiger charge is -2.32. The number of aryl methyl sites for hydroxylation is 1. The van der Waals surface area contributed by atoms with Crippen LogP contribution in [0.5, 0.6) is 0 Å². The van der Waals surface area contributed by atoms with E-state index in [2.05, 4.69) is 83.7 Å². The van der Waals surface area contributed by atoms with Crippen molar-refractivity contribution < 1.29 is 4.79 Å². The molecule has 1 unspecified atom stereocenters. The lowest BCUT2D eigenvalue weighted by atomic mass is 9.97. The second-order valence-corrected chi connectivity index (χ2v) is 8.29. The number of hydrogen-bond donors (Lipinski definition) is 1. The van der Waals surface area contributed by atoms with Crippen molar-refractivity contribution in [2.75, 3.05) is 6.54 Å². The van der Waals surface area contributed by atoms with E-state index in [0.29, 0.717) is 13.1 Å². The van der Waals surface area contributed by atoms with Gasteiger partial charge in [0.2, 0.25) is 0 Å². The van der Waals surface area contributed by atoms with Crippen molar-refractivity contribution in [1.82, 2.24) is 14.8 Å². The molecule has 1 N–H and O–H groups in total. The maximum absolute atomic E-state index is 13.6. The van der Waals surface area contributed by atoms with Crippen molar-refractivity contribution in [2.45, 2.75) is 25.9 Å². The maximum atomic E-state index is 13.6. The Labute approximate surface area is 189 Å². The highest BCUT2D eigenvalue weighted by molar-refractivity contribution is 5.76. The van der Waals surface area contributed by atoms with Gasteiger partial charge in [-0.15, -0.1) is 0 Å². The van der Waals surface area contributed by atoms with Gasteiger partial charge in [-0.3, -0.25) is 0 Å². The zero-order valence-corrected chi connectivity index (χ0v) is 18.2. The summed E-state index contributed by atoms with van der Waals surface area (Å²) >= 11 is 0. The Kier molecular flexibility index (Phi) is 5.51. The fourth-order valence-corrected chi connectivity index (χ4v) is 4.62. The molecular formula is C28H27N3O. The molecule has 4 aromatic rings. The van der Waals surface area contributed by atoms with Gasteiger partial charge in [0.1, 0.15) is 6.04 Å². The van der Waals surface area contributed by atoms with E-state index in [-0.39, 0.29) is 12.1 Å². The van der Waals surface area contributed by atoms with E-state index in [1.54, 1.807) is 0 Å². The fraction of sp³-hybridized carbons (Fsp3) is 0.179. The second kappa shape index (κ2) is 8.75. The molecule has 2 heterocycles. The summed E-state index contributed by atoms with van der Waals surface area (Å²) in [6, 6.07) is 30.9. The lowest BCUT2D eigenvalue weighted by Crippen LogP contribution is -2.42. The monoisotopic (exact) mass is 421 g/mol. The molecule has 4 nitrogen and oxygen atoms in total. The van der Waals surface area contributed by atoms with Crippen molar-refractivity contribution in [3.8, 4) is 5.69 Å². The number of hydrogen-bond acceptors (Lipinski definition) is 1. The molecular weight excluding hydrogens is 394 g/mol. The van der Waals surface area contributed by atoms with Crippen LogP contribution in [-0.2, 0) is 13.0 Å². The van der Waals surface area contributed by atoms with Crippen molar-refractivity contribution in [2.24, 2.45) is 0 Å². The highest BCUT2D eigenvalue weighted by Crippen LogP contribution is 2.37. The summed E-state index contributed by atoms with van der Waals surface area (Å²) in [6.45, 7) is 3.27. The predicted octanol–water partition coefficient (Wildman–Crippen LogP) is 5.64. The number of benzene rings is 3. The van der Waals surface area contributed by atoms with Gasteiger partial charge >= 0.3 is 6.03 Å². The number of urea groups is 1. The number of aromatic nitrogens is 1. The third-order valence-corrected chi connectivity index (χ3v) is 6.24. The number of fused-ring (bicyclic) bond motifs is 3. The van der Waals surface area contributed by atoms with Crippen LogP contribution in [0, 0.1) is 6.92 Å². The first-order valence-electron chi connectivity index (χ1n) is 11.1. The number of carbonyl (C=O) groups is 1. The summed E-state index contributed by atoms with van der Waals surface area (Å²) in [6.07, 6.45) is 2.90. The third kappa shape index (κ3) is 3.80. The van der Waals surface area contributed by atoms with Crippen LogP contribution in [0.15, 0.2) is 97.2 Å². The molecule has 5 rings (SSSR count). The van der Waals surface area contributed by atoms with Gasteiger partial charge in [0, 0.05) is 18.4 Å². The molecule has 0 radical (unpaired) electrons. The second-order valence-electron chi connectivity index (χ2n) is 8.29. The molecule has 1 aliphatic rings. The quantitative estimate of drug-likeness (QED) is 0.455. The summed E-state index contributed by atoms with van der Waals surface area (Å²) in [5, 5.41) is 3.18. The molecule has 0 saturated carbocycles. The van der Waals surface area contributed by atoms with Gasteiger partial charge in [0.15, 0.2) is 0 Å². The molecule has 3 aromatic carbocycles. The molecule has 1 aromatic heterocycles. The Hall–Kier alpha value is -3.79. The molecule has 2 amide bonds. The standard InChI is InChI=1S/C28H27N3O/c1-21-10-5-7-14-24(21)27-26-16-9-19-30(26)25-15-8-6-13-23(25)20-31(27)28(32)29-18-17-22-11-3-2-4-12-22/h2-16,19,27H,17-18,20H2,1H3,(H,29,32). The number of nitrogens with one attached hydrogen (secondary N) is 1. The Morgan fingerprint density at radius 3 is 2.50 bits per heavy atom. The molecule has 0 fully saturated rings. The zero-order chi connectivity index (χ0) is 21.9.